The lowest BCUT2D eigenvalue weighted by atomic mass is 9.96. The molecular formula is C42H51ClFN5O3SSi. The van der Waals surface area contributed by atoms with Gasteiger partial charge < -0.3 is 14.4 Å². The molecule has 3 aliphatic rings. The van der Waals surface area contributed by atoms with Gasteiger partial charge in [0.1, 0.15) is 42.2 Å². The van der Waals surface area contributed by atoms with Crippen LogP contribution in [0.3, 0.4) is 0 Å². The number of aromatic nitrogens is 3. The zero-order valence-electron chi connectivity index (χ0n) is 33.2. The van der Waals surface area contributed by atoms with Crippen LogP contribution in [-0.2, 0) is 4.74 Å². The Labute approximate surface area is 328 Å². The van der Waals surface area contributed by atoms with E-state index < -0.39 is 25.6 Å². The van der Waals surface area contributed by atoms with Crippen LogP contribution in [0, 0.1) is 17.3 Å². The molecule has 3 aliphatic heterocycles. The van der Waals surface area contributed by atoms with E-state index in [4.69, 9.17) is 36.0 Å². The second-order valence-electron chi connectivity index (χ2n) is 17.0. The molecule has 12 heteroatoms. The maximum absolute atomic E-state index is 17.4. The topological polar surface area (TPSA) is 80.7 Å². The summed E-state index contributed by atoms with van der Waals surface area (Å²) in [5, 5.41) is 3.03. The summed E-state index contributed by atoms with van der Waals surface area (Å²) in [5.74, 6) is 3.88. The summed E-state index contributed by atoms with van der Waals surface area (Å²) in [4.78, 5) is 32.5. The number of piperazine rings is 1. The molecule has 0 saturated carbocycles. The van der Waals surface area contributed by atoms with E-state index in [1.807, 2.05) is 69.2 Å². The predicted octanol–water partition coefficient (Wildman–Crippen LogP) is 10.7. The molecule has 4 atom stereocenters. The van der Waals surface area contributed by atoms with Crippen LogP contribution in [0.2, 0.25) is 21.6 Å². The Morgan fingerprint density at radius 2 is 1.74 bits per heavy atom. The van der Waals surface area contributed by atoms with Crippen LogP contribution in [-0.4, -0.2) is 76.7 Å². The Kier molecular flexibility index (Phi) is 10.1. The molecule has 2 aromatic heterocycles. The Morgan fingerprint density at radius 3 is 2.39 bits per heavy atom. The summed E-state index contributed by atoms with van der Waals surface area (Å²) in [5.41, 5.74) is 6.01. The van der Waals surface area contributed by atoms with Gasteiger partial charge >= 0.3 is 6.09 Å². The van der Waals surface area contributed by atoms with Gasteiger partial charge in [0, 0.05) is 17.5 Å². The van der Waals surface area contributed by atoms with Gasteiger partial charge in [0.15, 0.2) is 11.0 Å². The highest BCUT2D eigenvalue weighted by Gasteiger charge is 2.54. The number of amides is 1. The molecule has 2 aromatic carbocycles. The molecule has 4 aromatic rings. The minimum absolute atomic E-state index is 0.0847. The third-order valence-corrected chi connectivity index (χ3v) is 18.9. The van der Waals surface area contributed by atoms with Gasteiger partial charge in [0.25, 0.3) is 0 Å². The highest BCUT2D eigenvalue weighted by atomic mass is 35.5. The highest BCUT2D eigenvalue weighted by Crippen LogP contribution is 2.48. The van der Waals surface area contributed by atoms with E-state index in [-0.39, 0.29) is 41.3 Å². The summed E-state index contributed by atoms with van der Waals surface area (Å²) in [6.07, 6.45) is 2.76. The molecule has 7 rings (SSSR count). The molecule has 0 radical (unpaired) electrons. The monoisotopic (exact) mass is 787 g/mol. The maximum atomic E-state index is 17.4. The second-order valence-corrected chi connectivity index (χ2v) is 23.7. The van der Waals surface area contributed by atoms with Crippen molar-refractivity contribution in [3.05, 3.63) is 46.7 Å². The van der Waals surface area contributed by atoms with Gasteiger partial charge in [-0.05, 0) is 74.9 Å². The molecule has 2 saturated heterocycles. The molecule has 0 spiro atoms. The van der Waals surface area contributed by atoms with Gasteiger partial charge in [-0.25, -0.2) is 24.1 Å². The lowest BCUT2D eigenvalue weighted by Crippen LogP contribution is -2.65. The first-order valence-corrected chi connectivity index (χ1v) is 23.0. The predicted molar refractivity (Wildman–Crippen MR) is 221 cm³/mol. The third kappa shape index (κ3) is 6.30. The van der Waals surface area contributed by atoms with Crippen LogP contribution in [0.15, 0.2) is 35.5 Å². The quantitative estimate of drug-likeness (QED) is 0.0856. The molecule has 0 N–H and O–H groups in total. The van der Waals surface area contributed by atoms with E-state index in [1.165, 1.54) is 11.8 Å². The van der Waals surface area contributed by atoms with Crippen molar-refractivity contribution >= 4 is 65.0 Å². The van der Waals surface area contributed by atoms with Crippen LogP contribution in [0.1, 0.15) is 87.6 Å². The number of pyridine rings is 1. The zero-order valence-corrected chi connectivity index (χ0v) is 35.7. The van der Waals surface area contributed by atoms with Crippen molar-refractivity contribution in [3.8, 4) is 28.6 Å². The van der Waals surface area contributed by atoms with Gasteiger partial charge in [-0.15, -0.1) is 5.54 Å². The maximum Gasteiger partial charge on any atom is 0.410 e. The fourth-order valence-electron chi connectivity index (χ4n) is 9.57. The number of nitrogens with zero attached hydrogens (tertiary/aromatic N) is 5. The first-order valence-electron chi connectivity index (χ1n) is 19.1. The van der Waals surface area contributed by atoms with E-state index in [9.17, 15) is 4.79 Å². The second kappa shape index (κ2) is 14.2. The van der Waals surface area contributed by atoms with Crippen LogP contribution < -0.4 is 9.64 Å². The van der Waals surface area contributed by atoms with Crippen LogP contribution in [0.4, 0.5) is 15.0 Å². The van der Waals surface area contributed by atoms with Crippen molar-refractivity contribution in [1.82, 2.24) is 19.9 Å². The van der Waals surface area contributed by atoms with Gasteiger partial charge in [-0.3, -0.25) is 4.90 Å². The Bertz CT molecular complexity index is 2190. The van der Waals surface area contributed by atoms with E-state index in [0.29, 0.717) is 55.7 Å². The number of benzene rings is 2. The molecule has 1 amide bonds. The molecule has 2 fully saturated rings. The lowest BCUT2D eigenvalue weighted by Gasteiger charge is -2.48. The van der Waals surface area contributed by atoms with Crippen molar-refractivity contribution in [3.63, 3.8) is 0 Å². The Balaban J connectivity index is 1.43. The normalized spacial score (nSPS) is 21.0. The fourth-order valence-corrected chi connectivity index (χ4v) is 15.3. The van der Waals surface area contributed by atoms with Crippen molar-refractivity contribution < 1.29 is 18.7 Å². The van der Waals surface area contributed by atoms with Crippen LogP contribution in [0.25, 0.3) is 32.9 Å². The molecule has 8 nitrogen and oxygen atoms in total. The van der Waals surface area contributed by atoms with Gasteiger partial charge in [-0.1, -0.05) is 95.1 Å². The molecular weight excluding hydrogens is 737 g/mol. The third-order valence-electron chi connectivity index (χ3n) is 11.8. The van der Waals surface area contributed by atoms with Gasteiger partial charge in [0.2, 0.25) is 5.88 Å². The van der Waals surface area contributed by atoms with Crippen molar-refractivity contribution in [2.45, 2.75) is 134 Å². The summed E-state index contributed by atoms with van der Waals surface area (Å²) < 4.78 is 30.1. The lowest BCUT2D eigenvalue weighted by molar-refractivity contribution is 0.000950. The van der Waals surface area contributed by atoms with Crippen LogP contribution >= 0.6 is 23.4 Å². The first-order chi connectivity index (χ1) is 25.5. The minimum atomic E-state index is -2.13. The van der Waals surface area contributed by atoms with Crippen molar-refractivity contribution in [2.75, 3.05) is 17.7 Å². The number of halogens is 2. The summed E-state index contributed by atoms with van der Waals surface area (Å²) in [6.45, 7) is 21.9. The molecule has 286 valence electrons. The number of ether oxygens (including phenoxy) is 2. The standard InChI is InChI=1S/C42H51ClFN5O3SSi/c1-22(2)54(23(3)4,24(5)6)20-19-28-30(43)17-15-26-13-12-14-29(32(26)28)35-34(44)36-33-38(47-40(46-36)53-11)48-21-27-16-18-31(37(48)25(7)51-39(33)45-35)49(27)41(50)52-42(8,9)10/h12-15,17,22-25,27,31,37H,16,18,21H2,1-11H3/t25-,27+,31-,37+/m0/s1. The molecule has 0 unspecified atom stereocenters. The molecule has 5 heterocycles. The largest absolute Gasteiger partial charge is 0.472 e. The average Bonchev–Trinajstić information content (AvgIpc) is 3.35. The fraction of sp³-hybridized carbons (Fsp3) is 0.524. The number of hydrogen-bond donors (Lipinski definition) is 0. The average molecular weight is 789 g/mol. The number of carbonyl (C=O) groups excluding carboxylic acids is 1. The summed E-state index contributed by atoms with van der Waals surface area (Å²) in [6, 6.07) is 9.07. The minimum Gasteiger partial charge on any atom is -0.472 e. The highest BCUT2D eigenvalue weighted by molar-refractivity contribution is 7.98. The smallest absolute Gasteiger partial charge is 0.410 e. The van der Waals surface area contributed by atoms with Crippen molar-refractivity contribution in [2.24, 2.45) is 0 Å². The number of fused-ring (bicyclic) bond motifs is 6. The van der Waals surface area contributed by atoms with E-state index in [2.05, 4.69) is 57.9 Å². The van der Waals surface area contributed by atoms with E-state index in [0.717, 1.165) is 23.6 Å². The van der Waals surface area contributed by atoms with E-state index >= 15 is 4.39 Å². The molecule has 54 heavy (non-hydrogen) atoms. The number of hydrogen-bond acceptors (Lipinski definition) is 8. The first kappa shape index (κ1) is 38.7. The van der Waals surface area contributed by atoms with Gasteiger partial charge in [-0.2, -0.15) is 0 Å². The Morgan fingerprint density at radius 1 is 1.04 bits per heavy atom. The summed E-state index contributed by atoms with van der Waals surface area (Å²) in [7, 11) is -2.13. The van der Waals surface area contributed by atoms with E-state index in [1.54, 1.807) is 0 Å². The summed E-state index contributed by atoms with van der Waals surface area (Å²) >= 11 is 8.37. The molecule has 0 aliphatic carbocycles. The number of carbonyl (C=O) groups is 1. The Hall–Kier alpha value is -3.59. The zero-order chi connectivity index (χ0) is 39.0. The van der Waals surface area contributed by atoms with Crippen molar-refractivity contribution in [1.29, 1.82) is 0 Å². The van der Waals surface area contributed by atoms with Crippen LogP contribution in [0.5, 0.6) is 5.88 Å². The molecule has 2 bridgehead atoms. The number of thioether (sulfide) groups is 1. The number of rotatable bonds is 5. The SMILES string of the molecule is CSc1nc2c3c(nc(-c4cccc5ccc(Cl)c(C#C[Si](C(C)C)(C(C)C)C(C)C)c45)c(F)c3n1)O[C@@H](C)[C@@H]1[C@@H]3CC[C@H](CN21)N3C(=O)OC(C)(C)C. The number of anilines is 1. The van der Waals surface area contributed by atoms with Gasteiger partial charge in [0.05, 0.1) is 28.7 Å².